The minimum absolute atomic E-state index is 0.449. The molecule has 1 aliphatic heterocycles. The molecule has 0 spiro atoms. The highest BCUT2D eigenvalue weighted by Gasteiger charge is 2.17. The second-order valence-corrected chi connectivity index (χ2v) is 3.73. The van der Waals surface area contributed by atoms with Crippen LogP contribution in [-0.2, 0) is 0 Å². The van der Waals surface area contributed by atoms with Crippen LogP contribution in [-0.4, -0.2) is 27.0 Å². The van der Waals surface area contributed by atoms with Crippen molar-refractivity contribution in [1.82, 2.24) is 0 Å². The Morgan fingerprint density at radius 3 is 2.53 bits per heavy atom. The first kappa shape index (κ1) is 10.0. The molecule has 0 N–H and O–H groups in total. The molecule has 1 atom stereocenters. The maximum atomic E-state index is 5.28. The average Bonchev–Trinajstić information content (AvgIpc) is 2.28. The van der Waals surface area contributed by atoms with Crippen LogP contribution in [0.5, 0.6) is 11.5 Å². The molecule has 15 heavy (non-hydrogen) atoms. The molecular weight excluding hydrogens is 190 g/mol. The summed E-state index contributed by atoms with van der Waals surface area (Å²) >= 11 is 0. The van der Waals surface area contributed by atoms with Crippen LogP contribution < -0.4 is 9.47 Å². The molecule has 3 heteroatoms. The maximum Gasteiger partial charge on any atom is 0.161 e. The fourth-order valence-electron chi connectivity index (χ4n) is 1.86. The third-order valence-corrected chi connectivity index (χ3v) is 2.73. The first-order valence-electron chi connectivity index (χ1n) is 5.02. The largest absolute Gasteiger partial charge is 0.493 e. The van der Waals surface area contributed by atoms with E-state index in [1.165, 1.54) is 5.56 Å². The highest BCUT2D eigenvalue weighted by atomic mass is 16.5. The van der Waals surface area contributed by atoms with Gasteiger partial charge < -0.3 is 9.47 Å². The van der Waals surface area contributed by atoms with E-state index in [9.17, 15) is 0 Å². The third kappa shape index (κ3) is 1.69. The molecule has 0 bridgehead atoms. The molecule has 1 aromatic rings. The molecule has 0 amide bonds. The molecule has 2 rings (SSSR count). The monoisotopic (exact) mass is 205 g/mol. The number of aliphatic imine (C=N–C) groups is 1. The van der Waals surface area contributed by atoms with E-state index in [0.717, 1.165) is 23.6 Å². The Kier molecular flexibility index (Phi) is 2.62. The van der Waals surface area contributed by atoms with Gasteiger partial charge in [-0.3, -0.25) is 4.99 Å². The second kappa shape index (κ2) is 3.93. The van der Waals surface area contributed by atoms with E-state index >= 15 is 0 Å². The Bertz CT molecular complexity index is 399. The lowest BCUT2D eigenvalue weighted by Gasteiger charge is -2.19. The van der Waals surface area contributed by atoms with Gasteiger partial charge in [0.25, 0.3) is 0 Å². The van der Waals surface area contributed by atoms with Gasteiger partial charge in [-0.2, -0.15) is 0 Å². The lowest BCUT2D eigenvalue weighted by molar-refractivity contribution is 0.354. The topological polar surface area (TPSA) is 30.8 Å². The summed E-state index contributed by atoms with van der Waals surface area (Å²) in [4.78, 5) is 4.31. The van der Waals surface area contributed by atoms with Crippen molar-refractivity contribution in [3.63, 3.8) is 0 Å². The van der Waals surface area contributed by atoms with Crippen LogP contribution in [0.1, 0.15) is 24.0 Å². The number of hydrogen-bond acceptors (Lipinski definition) is 3. The van der Waals surface area contributed by atoms with Crippen LogP contribution in [0.3, 0.4) is 0 Å². The lowest BCUT2D eigenvalue weighted by Crippen LogP contribution is -2.09. The Hall–Kier alpha value is -1.51. The van der Waals surface area contributed by atoms with Crippen molar-refractivity contribution in [2.24, 2.45) is 4.99 Å². The highest BCUT2D eigenvalue weighted by molar-refractivity contribution is 5.84. The zero-order valence-corrected chi connectivity index (χ0v) is 9.28. The van der Waals surface area contributed by atoms with Gasteiger partial charge in [0.2, 0.25) is 0 Å². The highest BCUT2D eigenvalue weighted by Crippen LogP contribution is 2.34. The van der Waals surface area contributed by atoms with Crippen molar-refractivity contribution in [2.75, 3.05) is 20.8 Å². The van der Waals surface area contributed by atoms with Crippen LogP contribution in [0.2, 0.25) is 0 Å². The molecule has 0 radical (unpaired) electrons. The number of nitrogens with zero attached hydrogens (tertiary/aromatic N) is 1. The summed E-state index contributed by atoms with van der Waals surface area (Å²) in [5, 5.41) is 0. The van der Waals surface area contributed by atoms with Crippen molar-refractivity contribution in [1.29, 1.82) is 0 Å². The predicted molar refractivity (Wildman–Crippen MR) is 60.4 cm³/mol. The molecule has 80 valence electrons. The fourth-order valence-corrected chi connectivity index (χ4v) is 1.86. The smallest absolute Gasteiger partial charge is 0.161 e. The summed E-state index contributed by atoms with van der Waals surface area (Å²) in [7, 11) is 3.31. The molecule has 3 nitrogen and oxygen atoms in total. The van der Waals surface area contributed by atoms with Crippen LogP contribution in [0.15, 0.2) is 17.1 Å². The van der Waals surface area contributed by atoms with E-state index in [-0.39, 0.29) is 0 Å². The Labute approximate surface area is 89.7 Å². The van der Waals surface area contributed by atoms with Crippen molar-refractivity contribution in [3.8, 4) is 11.5 Å². The van der Waals surface area contributed by atoms with Gasteiger partial charge in [0.05, 0.1) is 14.2 Å². The van der Waals surface area contributed by atoms with E-state index in [4.69, 9.17) is 9.47 Å². The molecule has 0 fully saturated rings. The SMILES string of the molecule is COc1cc2c(cc1OC)C(C)CN=C2. The number of benzene rings is 1. The molecule has 1 aliphatic rings. The predicted octanol–water partition coefficient (Wildman–Crippen LogP) is 2.24. The van der Waals surface area contributed by atoms with Gasteiger partial charge in [-0.05, 0) is 23.3 Å². The molecular formula is C12H15NO2. The third-order valence-electron chi connectivity index (χ3n) is 2.73. The summed E-state index contributed by atoms with van der Waals surface area (Å²) in [5.74, 6) is 2.00. The first-order valence-corrected chi connectivity index (χ1v) is 5.02. The fraction of sp³-hybridized carbons (Fsp3) is 0.417. The molecule has 0 saturated heterocycles. The molecule has 1 unspecified atom stereocenters. The van der Waals surface area contributed by atoms with Crippen molar-refractivity contribution >= 4 is 6.21 Å². The minimum atomic E-state index is 0.449. The molecule has 1 aromatic carbocycles. The van der Waals surface area contributed by atoms with Gasteiger partial charge in [0, 0.05) is 18.7 Å². The van der Waals surface area contributed by atoms with E-state index < -0.39 is 0 Å². The van der Waals surface area contributed by atoms with E-state index in [1.54, 1.807) is 14.2 Å². The number of ether oxygens (including phenoxy) is 2. The maximum absolute atomic E-state index is 5.28. The van der Waals surface area contributed by atoms with Gasteiger partial charge in [-0.1, -0.05) is 6.92 Å². The van der Waals surface area contributed by atoms with E-state index in [2.05, 4.69) is 11.9 Å². The average molecular weight is 205 g/mol. The summed E-state index contributed by atoms with van der Waals surface area (Å²) in [6.07, 6.45) is 1.90. The number of fused-ring (bicyclic) bond motifs is 1. The van der Waals surface area contributed by atoms with Gasteiger partial charge in [-0.15, -0.1) is 0 Å². The zero-order chi connectivity index (χ0) is 10.8. The van der Waals surface area contributed by atoms with E-state index in [1.807, 2.05) is 18.3 Å². The summed E-state index contributed by atoms with van der Waals surface area (Å²) in [6.45, 7) is 3.02. The summed E-state index contributed by atoms with van der Waals surface area (Å²) in [5.41, 5.74) is 2.41. The standard InChI is InChI=1S/C12H15NO2/c1-8-6-13-7-9-4-11(14-2)12(15-3)5-10(8)9/h4-5,7-8H,6H2,1-3H3. The molecule has 0 aromatic heterocycles. The molecule has 0 saturated carbocycles. The van der Waals surface area contributed by atoms with Gasteiger partial charge >= 0.3 is 0 Å². The van der Waals surface area contributed by atoms with E-state index in [0.29, 0.717) is 5.92 Å². The first-order chi connectivity index (χ1) is 7.26. The molecule has 1 heterocycles. The second-order valence-electron chi connectivity index (χ2n) is 3.73. The van der Waals surface area contributed by atoms with Gasteiger partial charge in [0.15, 0.2) is 11.5 Å². The van der Waals surface area contributed by atoms with Gasteiger partial charge in [-0.25, -0.2) is 0 Å². The minimum Gasteiger partial charge on any atom is -0.493 e. The normalized spacial score (nSPS) is 18.5. The number of methoxy groups -OCH3 is 2. The van der Waals surface area contributed by atoms with Gasteiger partial charge in [0.1, 0.15) is 0 Å². The Balaban J connectivity index is 2.54. The quantitative estimate of drug-likeness (QED) is 0.741. The lowest BCUT2D eigenvalue weighted by atomic mass is 9.93. The van der Waals surface area contributed by atoms with Crippen LogP contribution in [0, 0.1) is 0 Å². The van der Waals surface area contributed by atoms with Crippen molar-refractivity contribution < 1.29 is 9.47 Å². The number of rotatable bonds is 2. The molecule has 0 aliphatic carbocycles. The van der Waals surface area contributed by atoms with Crippen molar-refractivity contribution in [2.45, 2.75) is 12.8 Å². The number of hydrogen-bond donors (Lipinski definition) is 0. The van der Waals surface area contributed by atoms with Crippen LogP contribution in [0.4, 0.5) is 0 Å². The Morgan fingerprint density at radius 1 is 1.20 bits per heavy atom. The zero-order valence-electron chi connectivity index (χ0n) is 9.28. The summed E-state index contributed by atoms with van der Waals surface area (Å²) < 4.78 is 10.5. The summed E-state index contributed by atoms with van der Waals surface area (Å²) in [6, 6.07) is 4.03. The Morgan fingerprint density at radius 2 is 1.87 bits per heavy atom. The van der Waals surface area contributed by atoms with Crippen LogP contribution >= 0.6 is 0 Å². The van der Waals surface area contributed by atoms with Crippen molar-refractivity contribution in [3.05, 3.63) is 23.3 Å². The van der Waals surface area contributed by atoms with Crippen LogP contribution in [0.25, 0.3) is 0 Å².